The minimum Gasteiger partial charge on any atom is -0.452 e. The Morgan fingerprint density at radius 2 is 1.88 bits per heavy atom. The molecule has 1 aliphatic heterocycles. The summed E-state index contributed by atoms with van der Waals surface area (Å²) in [6.45, 7) is -0.435. The van der Waals surface area contributed by atoms with E-state index in [0.717, 1.165) is 11.1 Å². The number of nitrogens with one attached hydrogen (secondary N) is 1. The van der Waals surface area contributed by atoms with Crippen molar-refractivity contribution in [1.29, 1.82) is 0 Å². The lowest BCUT2D eigenvalue weighted by Crippen LogP contribution is -2.28. The number of anilines is 1. The zero-order valence-corrected chi connectivity index (χ0v) is 17.4. The summed E-state index contributed by atoms with van der Waals surface area (Å²) in [7, 11) is 1.77. The fourth-order valence-electron chi connectivity index (χ4n) is 3.33. The van der Waals surface area contributed by atoms with Crippen LogP contribution in [0.3, 0.4) is 0 Å². The van der Waals surface area contributed by atoms with Gasteiger partial charge in [-0.15, -0.1) is 12.8 Å². The summed E-state index contributed by atoms with van der Waals surface area (Å²) >= 11 is 0. The fraction of sp³-hybridized carbons (Fsp3) is 0.208. The zero-order chi connectivity index (χ0) is 23.1. The Bertz CT molecular complexity index is 1160. The number of hydrogen-bond donors (Lipinski definition) is 2. The van der Waals surface area contributed by atoms with Gasteiger partial charge in [0.2, 0.25) is 5.88 Å². The topological polar surface area (TPSA) is 113 Å². The first-order chi connectivity index (χ1) is 15.5. The van der Waals surface area contributed by atoms with Crippen LogP contribution in [0, 0.1) is 24.7 Å². The molecule has 1 aliphatic rings. The second kappa shape index (κ2) is 10.1. The number of nitrogens with zero attached hydrogens (tertiary/aromatic N) is 1. The summed E-state index contributed by atoms with van der Waals surface area (Å²) in [4.78, 5) is 29.3. The van der Waals surface area contributed by atoms with Gasteiger partial charge in [-0.1, -0.05) is 17.9 Å². The van der Waals surface area contributed by atoms with Gasteiger partial charge >= 0.3 is 11.9 Å². The minimum atomic E-state index is -0.778. The van der Waals surface area contributed by atoms with E-state index in [1.54, 1.807) is 19.3 Å². The third-order valence-electron chi connectivity index (χ3n) is 4.76. The van der Waals surface area contributed by atoms with E-state index in [-0.39, 0.29) is 31.1 Å². The van der Waals surface area contributed by atoms with E-state index in [4.69, 9.17) is 32.8 Å². The van der Waals surface area contributed by atoms with Crippen LogP contribution in [0.2, 0.25) is 0 Å². The van der Waals surface area contributed by atoms with Crippen molar-refractivity contribution in [3.05, 3.63) is 53.5 Å². The van der Waals surface area contributed by atoms with Crippen molar-refractivity contribution in [2.24, 2.45) is 5.73 Å². The molecule has 1 unspecified atom stereocenters. The van der Waals surface area contributed by atoms with E-state index in [9.17, 15) is 9.59 Å². The van der Waals surface area contributed by atoms with Crippen LogP contribution in [0.25, 0.3) is 11.1 Å². The van der Waals surface area contributed by atoms with E-state index in [2.05, 4.69) is 22.1 Å². The molecule has 0 saturated heterocycles. The summed E-state index contributed by atoms with van der Waals surface area (Å²) in [5.41, 5.74) is 8.29. The highest BCUT2D eigenvalue weighted by atomic mass is 16.5. The van der Waals surface area contributed by atoms with Crippen LogP contribution >= 0.6 is 0 Å². The Labute approximate surface area is 185 Å². The third-order valence-corrected chi connectivity index (χ3v) is 4.76. The fourth-order valence-corrected chi connectivity index (χ4v) is 3.33. The molecule has 8 heteroatoms. The number of carbonyl (C=O) groups excluding carboxylic acids is 2. The SMILES string of the molecule is C#CCOC(=O)CC1C(C(=O)OCC#C)=C(N)Oc2ccc(-c3ccnc(NC)c3)cc21. The van der Waals surface area contributed by atoms with Gasteiger partial charge in [0.1, 0.15) is 17.1 Å². The maximum Gasteiger partial charge on any atom is 0.341 e. The number of benzene rings is 1. The Morgan fingerprint density at radius 3 is 2.59 bits per heavy atom. The average Bonchev–Trinajstić information content (AvgIpc) is 2.81. The van der Waals surface area contributed by atoms with E-state index in [1.807, 2.05) is 24.3 Å². The van der Waals surface area contributed by atoms with Gasteiger partial charge in [0.25, 0.3) is 0 Å². The standard InChI is InChI=1S/C24H21N3O5/c1-4-10-30-21(28)14-18-17-12-15(16-8-9-27-20(13-16)26-3)6-7-19(17)32-23(25)22(18)24(29)31-11-5-2/h1-2,6-9,12-13,18H,10-11,14,25H2,3H3,(H,26,27). The summed E-state index contributed by atoms with van der Waals surface area (Å²) in [6.07, 6.45) is 11.8. The smallest absolute Gasteiger partial charge is 0.341 e. The van der Waals surface area contributed by atoms with Gasteiger partial charge in [0.05, 0.1) is 6.42 Å². The summed E-state index contributed by atoms with van der Waals surface area (Å²) in [6, 6.07) is 9.10. The summed E-state index contributed by atoms with van der Waals surface area (Å²) in [5, 5.41) is 2.99. The predicted molar refractivity (Wildman–Crippen MR) is 118 cm³/mol. The maximum atomic E-state index is 12.7. The first-order valence-electron chi connectivity index (χ1n) is 9.63. The van der Waals surface area contributed by atoms with Crippen molar-refractivity contribution in [2.45, 2.75) is 12.3 Å². The lowest BCUT2D eigenvalue weighted by molar-refractivity contribution is -0.142. The van der Waals surface area contributed by atoms with Crippen LogP contribution in [0.5, 0.6) is 5.75 Å². The molecule has 2 heterocycles. The number of nitrogens with two attached hydrogens (primary N) is 1. The van der Waals surface area contributed by atoms with Gasteiger partial charge in [0, 0.05) is 24.7 Å². The van der Waals surface area contributed by atoms with E-state index >= 15 is 0 Å². The normalized spacial score (nSPS) is 14.3. The van der Waals surface area contributed by atoms with Crippen molar-refractivity contribution in [1.82, 2.24) is 4.98 Å². The van der Waals surface area contributed by atoms with Gasteiger partial charge in [-0.2, -0.15) is 0 Å². The number of terminal acetylenes is 2. The monoisotopic (exact) mass is 431 g/mol. The molecule has 1 aromatic carbocycles. The number of aromatic nitrogens is 1. The molecule has 162 valence electrons. The maximum absolute atomic E-state index is 12.7. The molecule has 0 radical (unpaired) electrons. The Morgan fingerprint density at radius 1 is 1.16 bits per heavy atom. The van der Waals surface area contributed by atoms with Gasteiger partial charge in [-0.25, -0.2) is 9.78 Å². The number of hydrogen-bond acceptors (Lipinski definition) is 8. The van der Waals surface area contributed by atoms with Crippen molar-refractivity contribution < 1.29 is 23.8 Å². The second-order valence-electron chi connectivity index (χ2n) is 6.71. The molecular weight excluding hydrogens is 410 g/mol. The van der Waals surface area contributed by atoms with Gasteiger partial charge in [-0.05, 0) is 35.4 Å². The molecule has 3 N–H and O–H groups in total. The first-order valence-corrected chi connectivity index (χ1v) is 9.63. The first kappa shape index (κ1) is 22.3. The van der Waals surface area contributed by atoms with Crippen LogP contribution in [-0.2, 0) is 19.1 Å². The van der Waals surface area contributed by atoms with E-state index in [0.29, 0.717) is 17.1 Å². The Hall–Kier alpha value is -4.43. The predicted octanol–water partition coefficient (Wildman–Crippen LogP) is 2.18. The Kier molecular flexibility index (Phi) is 6.99. The average molecular weight is 431 g/mol. The van der Waals surface area contributed by atoms with Crippen LogP contribution in [-0.4, -0.2) is 37.2 Å². The van der Waals surface area contributed by atoms with Crippen molar-refractivity contribution >= 4 is 17.8 Å². The largest absolute Gasteiger partial charge is 0.452 e. The second-order valence-corrected chi connectivity index (χ2v) is 6.71. The van der Waals surface area contributed by atoms with Crippen LogP contribution in [0.1, 0.15) is 17.9 Å². The molecule has 0 aliphatic carbocycles. The summed E-state index contributed by atoms with van der Waals surface area (Å²) < 4.78 is 15.7. The summed E-state index contributed by atoms with van der Waals surface area (Å²) in [5.74, 6) is 3.26. The number of esters is 2. The molecule has 0 amide bonds. The lowest BCUT2D eigenvalue weighted by Gasteiger charge is -2.28. The molecule has 0 bridgehead atoms. The number of carbonyl (C=O) groups is 2. The number of fused-ring (bicyclic) bond motifs is 1. The van der Waals surface area contributed by atoms with E-state index in [1.165, 1.54) is 0 Å². The minimum absolute atomic E-state index is 0.00630. The van der Waals surface area contributed by atoms with Gasteiger partial charge in [0.15, 0.2) is 13.2 Å². The lowest BCUT2D eigenvalue weighted by atomic mass is 9.84. The van der Waals surface area contributed by atoms with Gasteiger partial charge < -0.3 is 25.3 Å². The highest BCUT2D eigenvalue weighted by Gasteiger charge is 2.36. The quantitative estimate of drug-likeness (QED) is 0.507. The molecule has 0 spiro atoms. The highest BCUT2D eigenvalue weighted by molar-refractivity contribution is 5.93. The molecule has 1 aromatic heterocycles. The molecule has 0 saturated carbocycles. The van der Waals surface area contributed by atoms with E-state index < -0.39 is 17.9 Å². The van der Waals surface area contributed by atoms with Crippen molar-refractivity contribution in [3.8, 4) is 41.6 Å². The Balaban J connectivity index is 2.05. The molecular formula is C24H21N3O5. The van der Waals surface area contributed by atoms with Crippen molar-refractivity contribution in [3.63, 3.8) is 0 Å². The van der Waals surface area contributed by atoms with Crippen molar-refractivity contribution in [2.75, 3.05) is 25.6 Å². The molecule has 1 atom stereocenters. The van der Waals surface area contributed by atoms with Gasteiger partial charge in [-0.3, -0.25) is 4.79 Å². The van der Waals surface area contributed by atoms with Crippen LogP contribution in [0.4, 0.5) is 5.82 Å². The third kappa shape index (κ3) is 4.82. The molecule has 0 fully saturated rings. The molecule has 3 rings (SSSR count). The van der Waals surface area contributed by atoms with Crippen LogP contribution in [0.15, 0.2) is 48.0 Å². The molecule has 2 aromatic rings. The van der Waals surface area contributed by atoms with Crippen LogP contribution < -0.4 is 15.8 Å². The number of rotatable bonds is 7. The highest BCUT2D eigenvalue weighted by Crippen LogP contribution is 2.42. The zero-order valence-electron chi connectivity index (χ0n) is 17.4. The molecule has 8 nitrogen and oxygen atoms in total. The number of pyridine rings is 1. The number of ether oxygens (including phenoxy) is 3. The molecule has 32 heavy (non-hydrogen) atoms.